The van der Waals surface area contributed by atoms with Crippen molar-refractivity contribution >= 4 is 39.7 Å². The summed E-state index contributed by atoms with van der Waals surface area (Å²) in [4.78, 5) is 27.2. The fourth-order valence-corrected chi connectivity index (χ4v) is 3.66. The molecule has 2 aromatic carbocycles. The van der Waals surface area contributed by atoms with Gasteiger partial charge < -0.3 is 4.90 Å². The molecule has 1 aliphatic heterocycles. The van der Waals surface area contributed by atoms with Gasteiger partial charge >= 0.3 is 0 Å². The maximum Gasteiger partial charge on any atom is 0.269 e. The summed E-state index contributed by atoms with van der Waals surface area (Å²) in [5.41, 5.74) is 1.38. The van der Waals surface area contributed by atoms with Gasteiger partial charge in [-0.05, 0) is 24.3 Å². The zero-order valence-corrected chi connectivity index (χ0v) is 14.3. The van der Waals surface area contributed by atoms with Crippen LogP contribution in [0.15, 0.2) is 66.2 Å². The highest BCUT2D eigenvalue weighted by Gasteiger charge is 2.29. The van der Waals surface area contributed by atoms with Crippen molar-refractivity contribution in [3.8, 4) is 0 Å². The average Bonchev–Trinajstić information content (AvgIpc) is 3.04. The third-order valence-electron chi connectivity index (χ3n) is 3.82. The van der Waals surface area contributed by atoms with Crippen LogP contribution in [0.5, 0.6) is 0 Å². The molecule has 0 radical (unpaired) electrons. The van der Waals surface area contributed by atoms with Crippen LogP contribution in [-0.2, 0) is 0 Å². The lowest BCUT2D eigenvalue weighted by atomic mass is 10.2. The molecular formula is C17H14N4O4S. The molecule has 1 fully saturated rings. The molecule has 0 amide bonds. The van der Waals surface area contributed by atoms with E-state index < -0.39 is 9.85 Å². The lowest BCUT2D eigenvalue weighted by Gasteiger charge is -2.23. The highest BCUT2D eigenvalue weighted by molar-refractivity contribution is 8.14. The second-order valence-electron chi connectivity index (χ2n) is 5.43. The van der Waals surface area contributed by atoms with E-state index in [1.165, 1.54) is 36.0 Å². The number of aliphatic imine (C=N–C) groups is 1. The van der Waals surface area contributed by atoms with Crippen LogP contribution in [0.1, 0.15) is 0 Å². The minimum Gasteiger partial charge on any atom is -0.313 e. The van der Waals surface area contributed by atoms with Crippen molar-refractivity contribution in [1.29, 1.82) is 0 Å². The van der Waals surface area contributed by atoms with Crippen LogP contribution in [0.3, 0.4) is 0 Å². The molecule has 2 aromatic rings. The SMILES string of the molecule is C=CC1CSC(=Nc2ccc([N+](=O)[O-])cc2)N1c1ccc([N+](=O)[O-])cc1. The number of non-ortho nitro benzene ring substituents is 2. The van der Waals surface area contributed by atoms with Gasteiger partial charge in [0.05, 0.1) is 21.6 Å². The molecule has 132 valence electrons. The first kappa shape index (κ1) is 17.6. The fourth-order valence-electron chi connectivity index (χ4n) is 2.50. The molecule has 1 atom stereocenters. The summed E-state index contributed by atoms with van der Waals surface area (Å²) in [5.74, 6) is 0.742. The number of nitrogens with zero attached hydrogens (tertiary/aromatic N) is 4. The Morgan fingerprint density at radius 3 is 2.08 bits per heavy atom. The highest BCUT2D eigenvalue weighted by Crippen LogP contribution is 2.33. The molecule has 1 saturated heterocycles. The summed E-state index contributed by atoms with van der Waals surface area (Å²) in [6, 6.07) is 12.2. The molecule has 0 saturated carbocycles. The van der Waals surface area contributed by atoms with E-state index in [0.29, 0.717) is 10.9 Å². The Kier molecular flexibility index (Phi) is 4.99. The molecule has 8 nitrogen and oxygen atoms in total. The Labute approximate surface area is 153 Å². The van der Waals surface area contributed by atoms with Gasteiger partial charge in [-0.3, -0.25) is 20.2 Å². The van der Waals surface area contributed by atoms with Crippen LogP contribution in [0, 0.1) is 20.2 Å². The Morgan fingerprint density at radius 2 is 1.58 bits per heavy atom. The molecule has 26 heavy (non-hydrogen) atoms. The summed E-state index contributed by atoms with van der Waals surface area (Å²) < 4.78 is 0. The van der Waals surface area contributed by atoms with Crippen molar-refractivity contribution in [1.82, 2.24) is 0 Å². The van der Waals surface area contributed by atoms with Crippen molar-refractivity contribution < 1.29 is 9.85 Å². The first-order valence-electron chi connectivity index (χ1n) is 7.62. The largest absolute Gasteiger partial charge is 0.313 e. The molecule has 0 N–H and O–H groups in total. The Hall–Kier alpha value is -3.20. The molecule has 0 bridgehead atoms. The van der Waals surface area contributed by atoms with Crippen molar-refractivity contribution in [2.75, 3.05) is 10.7 Å². The predicted octanol–water partition coefficient (Wildman–Crippen LogP) is 4.30. The van der Waals surface area contributed by atoms with E-state index in [1.54, 1.807) is 30.3 Å². The van der Waals surface area contributed by atoms with E-state index in [4.69, 9.17) is 0 Å². The topological polar surface area (TPSA) is 102 Å². The highest BCUT2D eigenvalue weighted by atomic mass is 32.2. The average molecular weight is 370 g/mol. The van der Waals surface area contributed by atoms with Gasteiger partial charge in [0.1, 0.15) is 0 Å². The Balaban J connectivity index is 1.93. The van der Waals surface area contributed by atoms with E-state index in [0.717, 1.165) is 11.4 Å². The van der Waals surface area contributed by atoms with Crippen molar-refractivity contribution in [3.05, 3.63) is 81.4 Å². The number of hydrogen-bond acceptors (Lipinski definition) is 6. The first-order valence-corrected chi connectivity index (χ1v) is 8.60. The second kappa shape index (κ2) is 7.36. The lowest BCUT2D eigenvalue weighted by molar-refractivity contribution is -0.385. The minimum atomic E-state index is -0.460. The van der Waals surface area contributed by atoms with Gasteiger partial charge in [0.2, 0.25) is 0 Å². The smallest absolute Gasteiger partial charge is 0.269 e. The monoisotopic (exact) mass is 370 g/mol. The van der Waals surface area contributed by atoms with Crippen LogP contribution in [0.25, 0.3) is 0 Å². The standard InChI is InChI=1S/C17H14N4O4S/c1-2-13-11-26-17(18-12-3-5-15(6-4-12)20(22)23)19(13)14-7-9-16(10-8-14)21(24)25/h2-10,13H,1,11H2. The number of anilines is 1. The molecule has 1 heterocycles. The zero-order chi connectivity index (χ0) is 18.7. The van der Waals surface area contributed by atoms with Crippen LogP contribution in [0.4, 0.5) is 22.7 Å². The quantitative estimate of drug-likeness (QED) is 0.442. The van der Waals surface area contributed by atoms with Gasteiger partial charge in [-0.25, -0.2) is 4.99 Å². The number of thioether (sulfide) groups is 1. The van der Waals surface area contributed by atoms with Crippen molar-refractivity contribution in [2.45, 2.75) is 6.04 Å². The first-order chi connectivity index (χ1) is 12.5. The summed E-state index contributed by atoms with van der Waals surface area (Å²) in [6.07, 6.45) is 1.80. The lowest BCUT2D eigenvalue weighted by Crippen LogP contribution is -2.32. The van der Waals surface area contributed by atoms with Gasteiger partial charge in [-0.15, -0.1) is 6.58 Å². The Bertz CT molecular complexity index is 881. The summed E-state index contributed by atoms with van der Waals surface area (Å²) in [5, 5.41) is 22.3. The summed E-state index contributed by atoms with van der Waals surface area (Å²) >= 11 is 1.53. The third kappa shape index (κ3) is 3.57. The van der Waals surface area contributed by atoms with Gasteiger partial charge in [-0.1, -0.05) is 17.8 Å². The molecule has 0 spiro atoms. The second-order valence-corrected chi connectivity index (χ2v) is 6.41. The number of hydrogen-bond donors (Lipinski definition) is 0. The van der Waals surface area contributed by atoms with Crippen LogP contribution >= 0.6 is 11.8 Å². The van der Waals surface area contributed by atoms with E-state index in [1.807, 2.05) is 4.90 Å². The Morgan fingerprint density at radius 1 is 1.04 bits per heavy atom. The van der Waals surface area contributed by atoms with Crippen LogP contribution in [-0.4, -0.2) is 26.8 Å². The van der Waals surface area contributed by atoms with E-state index in [-0.39, 0.29) is 17.4 Å². The number of rotatable bonds is 5. The summed E-state index contributed by atoms with van der Waals surface area (Å²) in [7, 11) is 0. The maximum absolute atomic E-state index is 10.8. The number of amidine groups is 1. The maximum atomic E-state index is 10.8. The van der Waals surface area contributed by atoms with Gasteiger partial charge in [0, 0.05) is 35.7 Å². The van der Waals surface area contributed by atoms with Crippen molar-refractivity contribution in [3.63, 3.8) is 0 Å². The predicted molar refractivity (Wildman–Crippen MR) is 102 cm³/mol. The molecular weight excluding hydrogens is 356 g/mol. The minimum absolute atomic E-state index is 0.00162. The fraction of sp³-hybridized carbons (Fsp3) is 0.118. The normalized spacial score (nSPS) is 18.1. The van der Waals surface area contributed by atoms with E-state index >= 15 is 0 Å². The summed E-state index contributed by atoms with van der Waals surface area (Å²) in [6.45, 7) is 3.84. The number of nitro benzene ring substituents is 2. The van der Waals surface area contributed by atoms with Crippen LogP contribution in [0.2, 0.25) is 0 Å². The van der Waals surface area contributed by atoms with Crippen LogP contribution < -0.4 is 4.90 Å². The molecule has 9 heteroatoms. The molecule has 1 aliphatic rings. The third-order valence-corrected chi connectivity index (χ3v) is 4.87. The molecule has 0 aromatic heterocycles. The molecule has 1 unspecified atom stereocenters. The zero-order valence-electron chi connectivity index (χ0n) is 13.5. The molecule has 3 rings (SSSR count). The number of benzene rings is 2. The number of nitro groups is 2. The van der Waals surface area contributed by atoms with Crippen molar-refractivity contribution in [2.24, 2.45) is 4.99 Å². The van der Waals surface area contributed by atoms with E-state index in [9.17, 15) is 20.2 Å². The van der Waals surface area contributed by atoms with Gasteiger partial charge in [-0.2, -0.15) is 0 Å². The van der Waals surface area contributed by atoms with Gasteiger partial charge in [0.15, 0.2) is 5.17 Å². The van der Waals surface area contributed by atoms with E-state index in [2.05, 4.69) is 11.6 Å². The molecule has 0 aliphatic carbocycles. The van der Waals surface area contributed by atoms with Gasteiger partial charge in [0.25, 0.3) is 11.4 Å².